The third kappa shape index (κ3) is 2.32. The molecule has 0 bridgehead atoms. The van der Waals surface area contributed by atoms with Crippen molar-refractivity contribution in [1.29, 1.82) is 0 Å². The molecule has 20 heavy (non-hydrogen) atoms. The molecule has 0 fully saturated rings. The normalized spacial score (nSPS) is 12.5. The van der Waals surface area contributed by atoms with Gasteiger partial charge in [0.15, 0.2) is 0 Å². The fourth-order valence-electron chi connectivity index (χ4n) is 1.95. The highest BCUT2D eigenvalue weighted by Crippen LogP contribution is 2.28. The van der Waals surface area contributed by atoms with Crippen molar-refractivity contribution in [2.24, 2.45) is 0 Å². The Labute approximate surface area is 116 Å². The number of ether oxygens (including phenoxy) is 1. The molecule has 0 aliphatic heterocycles. The molecular weight excluding hydrogens is 254 g/mol. The number of aromatic nitrogens is 5. The summed E-state index contributed by atoms with van der Waals surface area (Å²) < 4.78 is 5.94. The number of aromatic amines is 1. The lowest BCUT2D eigenvalue weighted by Crippen LogP contribution is -2.10. The fourth-order valence-corrected chi connectivity index (χ4v) is 1.95. The molecule has 6 nitrogen and oxygen atoms in total. The maximum absolute atomic E-state index is 5.94. The molecule has 1 N–H and O–H groups in total. The minimum Gasteiger partial charge on any atom is -0.490 e. The number of fused-ring (bicyclic) bond motifs is 1. The molecule has 0 aliphatic rings. The van der Waals surface area contributed by atoms with Crippen molar-refractivity contribution in [2.75, 3.05) is 0 Å². The Morgan fingerprint density at radius 1 is 1.30 bits per heavy atom. The van der Waals surface area contributed by atoms with E-state index in [1.54, 1.807) is 6.20 Å². The zero-order valence-electron chi connectivity index (χ0n) is 11.4. The molecule has 6 heteroatoms. The zero-order valence-corrected chi connectivity index (χ0v) is 11.4. The summed E-state index contributed by atoms with van der Waals surface area (Å²) in [6.45, 7) is 4.15. The van der Waals surface area contributed by atoms with Crippen molar-refractivity contribution in [3.05, 3.63) is 30.5 Å². The first kappa shape index (κ1) is 12.5. The van der Waals surface area contributed by atoms with Gasteiger partial charge >= 0.3 is 0 Å². The molecule has 3 rings (SSSR count). The Hall–Kier alpha value is -2.50. The van der Waals surface area contributed by atoms with E-state index in [4.69, 9.17) is 4.74 Å². The smallest absolute Gasteiger partial charge is 0.204 e. The molecule has 1 atom stereocenters. The summed E-state index contributed by atoms with van der Waals surface area (Å²) in [6.07, 6.45) is 2.87. The van der Waals surface area contributed by atoms with Crippen molar-refractivity contribution in [3.8, 4) is 17.1 Å². The average Bonchev–Trinajstić information content (AvgIpc) is 3.01. The molecule has 3 aromatic rings. The molecule has 2 heterocycles. The van der Waals surface area contributed by atoms with Crippen molar-refractivity contribution in [1.82, 2.24) is 25.6 Å². The van der Waals surface area contributed by atoms with Crippen LogP contribution in [0.25, 0.3) is 22.3 Å². The Balaban J connectivity index is 2.09. The Morgan fingerprint density at radius 2 is 2.20 bits per heavy atom. The highest BCUT2D eigenvalue weighted by molar-refractivity contribution is 5.88. The molecular formula is C14H15N5O. The quantitative estimate of drug-likeness (QED) is 0.787. The van der Waals surface area contributed by atoms with Gasteiger partial charge in [0.1, 0.15) is 5.75 Å². The lowest BCUT2D eigenvalue weighted by Gasteiger charge is -2.14. The lowest BCUT2D eigenvalue weighted by molar-refractivity contribution is 0.220. The minimum absolute atomic E-state index is 0.162. The van der Waals surface area contributed by atoms with Gasteiger partial charge in [-0.3, -0.25) is 4.98 Å². The van der Waals surface area contributed by atoms with Crippen molar-refractivity contribution in [3.63, 3.8) is 0 Å². The zero-order chi connectivity index (χ0) is 13.9. The number of pyridine rings is 1. The second-order valence-corrected chi connectivity index (χ2v) is 4.61. The summed E-state index contributed by atoms with van der Waals surface area (Å²) in [5, 5.41) is 15.0. The van der Waals surface area contributed by atoms with Crippen LogP contribution in [0.5, 0.6) is 5.75 Å². The second-order valence-electron chi connectivity index (χ2n) is 4.61. The van der Waals surface area contributed by atoms with Crippen LogP contribution in [0, 0.1) is 0 Å². The Kier molecular flexibility index (Phi) is 3.28. The van der Waals surface area contributed by atoms with Gasteiger partial charge in [-0.25, -0.2) is 0 Å². The number of H-pyrrole nitrogens is 1. The first-order chi connectivity index (χ1) is 9.78. The second kappa shape index (κ2) is 5.24. The van der Waals surface area contributed by atoms with Gasteiger partial charge in [-0.2, -0.15) is 5.21 Å². The fraction of sp³-hybridized carbons (Fsp3) is 0.286. The number of benzene rings is 1. The van der Waals surface area contributed by atoms with Crippen LogP contribution >= 0.6 is 0 Å². The van der Waals surface area contributed by atoms with E-state index < -0.39 is 0 Å². The SMILES string of the molecule is CCC(C)Oc1ccnc2ccc(-c3nn[nH]n3)cc12. The van der Waals surface area contributed by atoms with Gasteiger partial charge < -0.3 is 4.74 Å². The molecule has 0 amide bonds. The van der Waals surface area contributed by atoms with Crippen molar-refractivity contribution < 1.29 is 4.74 Å². The summed E-state index contributed by atoms with van der Waals surface area (Å²) in [4.78, 5) is 4.35. The number of hydrogen-bond donors (Lipinski definition) is 1. The van der Waals surface area contributed by atoms with Crippen LogP contribution in [0.4, 0.5) is 0 Å². The molecule has 1 aromatic carbocycles. The molecule has 0 saturated carbocycles. The standard InChI is InChI=1S/C14H15N5O/c1-3-9(2)20-13-6-7-15-12-5-4-10(8-11(12)13)14-16-18-19-17-14/h4-9H,3H2,1-2H3,(H,16,17,18,19). The number of nitrogens with zero attached hydrogens (tertiary/aromatic N) is 4. The first-order valence-electron chi connectivity index (χ1n) is 6.57. The van der Waals surface area contributed by atoms with Gasteiger partial charge in [0.05, 0.1) is 11.6 Å². The minimum atomic E-state index is 0.162. The Bertz CT molecular complexity index is 711. The first-order valence-corrected chi connectivity index (χ1v) is 6.57. The van der Waals surface area contributed by atoms with Crippen LogP contribution in [0.2, 0.25) is 0 Å². The third-order valence-corrected chi connectivity index (χ3v) is 3.21. The van der Waals surface area contributed by atoms with E-state index >= 15 is 0 Å². The van der Waals surface area contributed by atoms with Gasteiger partial charge in [0.2, 0.25) is 5.82 Å². The van der Waals surface area contributed by atoms with Crippen molar-refractivity contribution >= 4 is 10.9 Å². The number of hydrogen-bond acceptors (Lipinski definition) is 5. The van der Waals surface area contributed by atoms with Crippen LogP contribution in [0.1, 0.15) is 20.3 Å². The molecule has 0 radical (unpaired) electrons. The Morgan fingerprint density at radius 3 is 2.95 bits per heavy atom. The molecule has 0 saturated heterocycles. The summed E-state index contributed by atoms with van der Waals surface area (Å²) in [7, 11) is 0. The maximum atomic E-state index is 5.94. The van der Waals surface area contributed by atoms with E-state index in [2.05, 4.69) is 39.5 Å². The largest absolute Gasteiger partial charge is 0.490 e. The molecule has 2 aromatic heterocycles. The molecule has 0 aliphatic carbocycles. The molecule has 102 valence electrons. The van der Waals surface area contributed by atoms with Gasteiger partial charge in [0, 0.05) is 17.1 Å². The van der Waals surface area contributed by atoms with Crippen LogP contribution in [-0.2, 0) is 0 Å². The van der Waals surface area contributed by atoms with E-state index in [1.807, 2.05) is 24.3 Å². The predicted molar refractivity (Wildman–Crippen MR) is 75.3 cm³/mol. The number of tetrazole rings is 1. The maximum Gasteiger partial charge on any atom is 0.204 e. The van der Waals surface area contributed by atoms with Crippen LogP contribution in [0.15, 0.2) is 30.5 Å². The number of nitrogens with one attached hydrogen (secondary N) is 1. The summed E-state index contributed by atoms with van der Waals surface area (Å²) >= 11 is 0. The highest BCUT2D eigenvalue weighted by Gasteiger charge is 2.10. The summed E-state index contributed by atoms with van der Waals surface area (Å²) in [6, 6.07) is 7.72. The van der Waals surface area contributed by atoms with Gasteiger partial charge in [-0.05, 0) is 42.8 Å². The van der Waals surface area contributed by atoms with Crippen molar-refractivity contribution in [2.45, 2.75) is 26.4 Å². The summed E-state index contributed by atoms with van der Waals surface area (Å²) in [5.74, 6) is 1.39. The predicted octanol–water partition coefficient (Wildman–Crippen LogP) is 2.59. The van der Waals surface area contributed by atoms with E-state index in [0.717, 1.165) is 28.6 Å². The average molecular weight is 269 g/mol. The van der Waals surface area contributed by atoms with Crippen LogP contribution < -0.4 is 4.74 Å². The summed E-state index contributed by atoms with van der Waals surface area (Å²) in [5.41, 5.74) is 1.77. The van der Waals surface area contributed by atoms with Gasteiger partial charge in [0.25, 0.3) is 0 Å². The molecule has 1 unspecified atom stereocenters. The van der Waals surface area contributed by atoms with Gasteiger partial charge in [-0.15, -0.1) is 10.2 Å². The monoisotopic (exact) mass is 269 g/mol. The number of rotatable bonds is 4. The van der Waals surface area contributed by atoms with E-state index in [9.17, 15) is 0 Å². The lowest BCUT2D eigenvalue weighted by atomic mass is 10.1. The topological polar surface area (TPSA) is 76.6 Å². The third-order valence-electron chi connectivity index (χ3n) is 3.21. The van der Waals surface area contributed by atoms with Gasteiger partial charge in [-0.1, -0.05) is 6.92 Å². The van der Waals surface area contributed by atoms with Crippen LogP contribution in [0.3, 0.4) is 0 Å². The molecule has 0 spiro atoms. The van der Waals surface area contributed by atoms with E-state index in [-0.39, 0.29) is 6.10 Å². The highest BCUT2D eigenvalue weighted by atomic mass is 16.5. The van der Waals surface area contributed by atoms with Crippen LogP contribution in [-0.4, -0.2) is 31.7 Å². The van der Waals surface area contributed by atoms with E-state index in [1.165, 1.54) is 0 Å². The van der Waals surface area contributed by atoms with E-state index in [0.29, 0.717) is 5.82 Å².